The molecule has 1 amide bonds. The lowest BCUT2D eigenvalue weighted by Gasteiger charge is -2.35. The molecule has 14 heavy (non-hydrogen) atoms. The molecule has 0 radical (unpaired) electrons. The third kappa shape index (κ3) is 1.63. The van der Waals surface area contributed by atoms with Crippen LogP contribution in [0.5, 0.6) is 0 Å². The first-order chi connectivity index (χ1) is 6.70. The maximum atomic E-state index is 11.6. The molecule has 1 fully saturated rings. The molecule has 0 bridgehead atoms. The lowest BCUT2D eigenvalue weighted by molar-refractivity contribution is 0.00555. The van der Waals surface area contributed by atoms with Gasteiger partial charge in [-0.3, -0.25) is 4.79 Å². The Bertz CT molecular complexity index is 346. The number of aliphatic hydroxyl groups is 1. The van der Waals surface area contributed by atoms with Crippen molar-refractivity contribution in [2.45, 2.75) is 12.6 Å². The van der Waals surface area contributed by atoms with E-state index < -0.39 is 0 Å². The van der Waals surface area contributed by atoms with Gasteiger partial charge >= 0.3 is 0 Å². The summed E-state index contributed by atoms with van der Waals surface area (Å²) in [6.45, 7) is 1.18. The zero-order chi connectivity index (χ0) is 10.1. The van der Waals surface area contributed by atoms with Crippen LogP contribution >= 0.6 is 11.3 Å². The van der Waals surface area contributed by atoms with E-state index in [1.807, 2.05) is 0 Å². The van der Waals surface area contributed by atoms with Crippen molar-refractivity contribution in [1.29, 1.82) is 0 Å². The Balaban J connectivity index is 2.04. The van der Waals surface area contributed by atoms with Gasteiger partial charge in [-0.2, -0.15) is 0 Å². The number of hydrogen-bond donors (Lipinski definition) is 2. The molecule has 3 N–H and O–H groups in total. The molecule has 2 heterocycles. The smallest absolute Gasteiger partial charge is 0.273 e. The number of rotatable bonds is 2. The van der Waals surface area contributed by atoms with Crippen molar-refractivity contribution < 1.29 is 9.90 Å². The molecule has 0 unspecified atom stereocenters. The largest absolute Gasteiger partial charge is 0.389 e. The third-order valence-electron chi connectivity index (χ3n) is 2.09. The van der Waals surface area contributed by atoms with E-state index in [-0.39, 0.29) is 12.0 Å². The van der Waals surface area contributed by atoms with Gasteiger partial charge in [-0.05, 0) is 0 Å². The van der Waals surface area contributed by atoms with Crippen LogP contribution in [0.25, 0.3) is 0 Å². The third-order valence-corrected chi connectivity index (χ3v) is 2.97. The van der Waals surface area contributed by atoms with Crippen molar-refractivity contribution >= 4 is 17.2 Å². The van der Waals surface area contributed by atoms with Crippen LogP contribution in [0, 0.1) is 0 Å². The van der Waals surface area contributed by atoms with Crippen LogP contribution in [0.3, 0.4) is 0 Å². The number of nitrogens with zero attached hydrogens (tertiary/aromatic N) is 2. The summed E-state index contributed by atoms with van der Waals surface area (Å²) < 4.78 is 0. The van der Waals surface area contributed by atoms with E-state index >= 15 is 0 Å². The van der Waals surface area contributed by atoms with Gasteiger partial charge in [0, 0.05) is 25.0 Å². The van der Waals surface area contributed by atoms with E-state index in [9.17, 15) is 4.79 Å². The monoisotopic (exact) mass is 213 g/mol. The molecular formula is C8H11N3O2S. The molecule has 0 saturated carbocycles. The van der Waals surface area contributed by atoms with Gasteiger partial charge < -0.3 is 15.7 Å². The molecule has 5 nitrogen and oxygen atoms in total. The fraction of sp³-hybridized carbons (Fsp3) is 0.500. The first-order valence-corrected chi connectivity index (χ1v) is 5.20. The molecule has 6 heteroatoms. The highest BCUT2D eigenvalue weighted by Crippen LogP contribution is 2.15. The highest BCUT2D eigenvalue weighted by molar-refractivity contribution is 7.09. The fourth-order valence-corrected chi connectivity index (χ4v) is 1.93. The second-order valence-electron chi connectivity index (χ2n) is 3.19. The number of carbonyl (C=O) groups excluding carboxylic acids is 1. The topological polar surface area (TPSA) is 79.5 Å². The predicted molar refractivity (Wildman–Crippen MR) is 51.9 cm³/mol. The first-order valence-electron chi connectivity index (χ1n) is 4.32. The van der Waals surface area contributed by atoms with Crippen LogP contribution in [-0.4, -0.2) is 40.1 Å². The molecule has 1 aromatic rings. The minimum Gasteiger partial charge on any atom is -0.389 e. The van der Waals surface area contributed by atoms with Gasteiger partial charge in [0.1, 0.15) is 10.7 Å². The Kier molecular flexibility index (Phi) is 2.49. The number of hydrogen-bond acceptors (Lipinski definition) is 5. The van der Waals surface area contributed by atoms with E-state index in [0.29, 0.717) is 25.3 Å². The van der Waals surface area contributed by atoms with Gasteiger partial charge in [-0.25, -0.2) is 4.98 Å². The number of nitrogens with two attached hydrogens (primary N) is 1. The van der Waals surface area contributed by atoms with Crippen LogP contribution in [0.15, 0.2) is 5.38 Å². The van der Waals surface area contributed by atoms with Crippen LogP contribution < -0.4 is 5.73 Å². The highest BCUT2D eigenvalue weighted by Gasteiger charge is 2.30. The van der Waals surface area contributed by atoms with Crippen LogP contribution in [0.2, 0.25) is 0 Å². The summed E-state index contributed by atoms with van der Waals surface area (Å²) in [7, 11) is 0. The van der Waals surface area contributed by atoms with E-state index in [0.717, 1.165) is 5.01 Å². The summed E-state index contributed by atoms with van der Waals surface area (Å²) in [4.78, 5) is 17.3. The predicted octanol–water partition coefficient (Wildman–Crippen LogP) is -0.582. The maximum absolute atomic E-state index is 11.6. The van der Waals surface area contributed by atoms with Gasteiger partial charge in [-0.1, -0.05) is 0 Å². The van der Waals surface area contributed by atoms with Gasteiger partial charge in [0.25, 0.3) is 5.91 Å². The Morgan fingerprint density at radius 3 is 3.00 bits per heavy atom. The molecule has 1 aliphatic heterocycles. The van der Waals surface area contributed by atoms with Crippen molar-refractivity contribution in [3.8, 4) is 0 Å². The van der Waals surface area contributed by atoms with Gasteiger partial charge in [-0.15, -0.1) is 11.3 Å². The summed E-state index contributed by atoms with van der Waals surface area (Å²) >= 11 is 1.38. The highest BCUT2D eigenvalue weighted by atomic mass is 32.1. The first kappa shape index (κ1) is 9.57. The van der Waals surface area contributed by atoms with E-state index in [4.69, 9.17) is 10.8 Å². The average molecular weight is 213 g/mol. The summed E-state index contributed by atoms with van der Waals surface area (Å²) in [5.74, 6) is -0.119. The van der Waals surface area contributed by atoms with E-state index in [1.165, 1.54) is 11.3 Å². The van der Waals surface area contributed by atoms with Crippen molar-refractivity contribution in [1.82, 2.24) is 9.88 Å². The normalized spacial score (nSPS) is 16.9. The van der Waals surface area contributed by atoms with Crippen molar-refractivity contribution in [2.75, 3.05) is 13.1 Å². The zero-order valence-corrected chi connectivity index (χ0v) is 8.33. The quantitative estimate of drug-likeness (QED) is 0.688. The Morgan fingerprint density at radius 2 is 2.50 bits per heavy atom. The molecule has 0 aromatic carbocycles. The fourth-order valence-electron chi connectivity index (χ4n) is 1.29. The number of thiazole rings is 1. The Labute approximate surface area is 85.2 Å². The van der Waals surface area contributed by atoms with Crippen molar-refractivity contribution in [3.05, 3.63) is 16.1 Å². The average Bonchev–Trinajstić information content (AvgIpc) is 2.60. The number of amides is 1. The maximum Gasteiger partial charge on any atom is 0.273 e. The van der Waals surface area contributed by atoms with Gasteiger partial charge in [0.05, 0.1) is 6.10 Å². The number of β-amino-alcohol motifs (C(OH)–C–C–N with tert-alkyl or cyclic N) is 1. The van der Waals surface area contributed by atoms with Crippen LogP contribution in [0.1, 0.15) is 15.5 Å². The minimum absolute atomic E-state index is 0.119. The number of aromatic nitrogens is 1. The van der Waals surface area contributed by atoms with Gasteiger partial charge in [0.15, 0.2) is 0 Å². The number of likely N-dealkylation sites (tertiary alicyclic amines) is 1. The Morgan fingerprint density at radius 1 is 1.79 bits per heavy atom. The number of carbonyl (C=O) groups is 1. The lowest BCUT2D eigenvalue weighted by Crippen LogP contribution is -2.53. The second kappa shape index (κ2) is 3.64. The van der Waals surface area contributed by atoms with E-state index in [1.54, 1.807) is 10.3 Å². The minimum atomic E-state index is -0.369. The van der Waals surface area contributed by atoms with Crippen LogP contribution in [0.4, 0.5) is 0 Å². The SMILES string of the molecule is NCc1nc(C(=O)N2CC(O)C2)cs1. The summed E-state index contributed by atoms with van der Waals surface area (Å²) in [6, 6.07) is 0. The molecule has 0 aliphatic carbocycles. The molecule has 1 aromatic heterocycles. The molecular weight excluding hydrogens is 202 g/mol. The molecule has 1 aliphatic rings. The molecule has 0 atom stereocenters. The van der Waals surface area contributed by atoms with E-state index in [2.05, 4.69) is 4.98 Å². The lowest BCUT2D eigenvalue weighted by atomic mass is 10.1. The second-order valence-corrected chi connectivity index (χ2v) is 4.14. The molecule has 76 valence electrons. The van der Waals surface area contributed by atoms with Crippen molar-refractivity contribution in [2.24, 2.45) is 5.73 Å². The zero-order valence-electron chi connectivity index (χ0n) is 7.51. The van der Waals surface area contributed by atoms with Crippen LogP contribution in [-0.2, 0) is 6.54 Å². The molecule has 0 spiro atoms. The molecule has 2 rings (SSSR count). The standard InChI is InChI=1S/C8H11N3O2S/c9-1-7-10-6(4-14-7)8(13)11-2-5(12)3-11/h4-5,12H,1-3,9H2. The Hall–Kier alpha value is -0.980. The summed E-state index contributed by atoms with van der Waals surface area (Å²) in [5.41, 5.74) is 5.82. The van der Waals surface area contributed by atoms with Crippen molar-refractivity contribution in [3.63, 3.8) is 0 Å². The summed E-state index contributed by atoms with van der Waals surface area (Å²) in [6.07, 6.45) is -0.369. The van der Waals surface area contributed by atoms with Gasteiger partial charge in [0.2, 0.25) is 0 Å². The molecule has 1 saturated heterocycles. The number of aliphatic hydroxyl groups excluding tert-OH is 1. The summed E-state index contributed by atoms with van der Waals surface area (Å²) in [5, 5.41) is 11.5.